The van der Waals surface area contributed by atoms with Gasteiger partial charge in [0, 0.05) is 17.5 Å². The minimum absolute atomic E-state index is 0.0929. The van der Waals surface area contributed by atoms with Crippen LogP contribution in [-0.4, -0.2) is 24.0 Å². The molecule has 0 aliphatic carbocycles. The van der Waals surface area contributed by atoms with Crippen LogP contribution in [-0.2, 0) is 4.79 Å². The number of aryl methyl sites for hydroxylation is 1. The van der Waals surface area contributed by atoms with E-state index in [1.165, 1.54) is 24.2 Å². The maximum absolute atomic E-state index is 11.9. The van der Waals surface area contributed by atoms with Gasteiger partial charge in [0.25, 0.3) is 0 Å². The molecule has 5 heteroatoms. The second-order valence-corrected chi connectivity index (χ2v) is 6.33. The number of nitrogens with zero attached hydrogens (tertiary/aromatic N) is 1. The quantitative estimate of drug-likeness (QED) is 0.881. The van der Waals surface area contributed by atoms with Gasteiger partial charge in [-0.1, -0.05) is 6.92 Å². The van der Waals surface area contributed by atoms with Crippen LogP contribution in [0.2, 0.25) is 0 Å². The Hall–Kier alpha value is -0.940. The number of piperidine rings is 1. The number of carbonyl (C=O) groups excluding carboxylic acids is 1. The highest BCUT2D eigenvalue weighted by Crippen LogP contribution is 2.25. The third-order valence-electron chi connectivity index (χ3n) is 3.56. The van der Waals surface area contributed by atoms with E-state index in [4.69, 9.17) is 0 Å². The summed E-state index contributed by atoms with van der Waals surface area (Å²) in [7, 11) is 0. The molecule has 1 aliphatic heterocycles. The molecule has 1 saturated heterocycles. The van der Waals surface area contributed by atoms with E-state index in [2.05, 4.69) is 22.5 Å². The van der Waals surface area contributed by atoms with E-state index in [-0.39, 0.29) is 5.91 Å². The van der Waals surface area contributed by atoms with Gasteiger partial charge in [-0.05, 0) is 44.7 Å². The van der Waals surface area contributed by atoms with E-state index < -0.39 is 0 Å². The molecule has 2 N–H and O–H groups in total. The molecule has 0 saturated carbocycles. The zero-order chi connectivity index (χ0) is 13.0. The third-order valence-corrected chi connectivity index (χ3v) is 4.39. The number of hydrogen-bond donors (Lipinski definition) is 2. The summed E-state index contributed by atoms with van der Waals surface area (Å²) in [5, 5.41) is 6.96. The highest BCUT2D eigenvalue weighted by Gasteiger charge is 2.22. The first-order chi connectivity index (χ1) is 8.65. The van der Waals surface area contributed by atoms with Crippen molar-refractivity contribution in [2.75, 3.05) is 18.4 Å². The number of hydrogen-bond acceptors (Lipinski definition) is 4. The largest absolute Gasteiger partial charge is 0.317 e. The van der Waals surface area contributed by atoms with Crippen LogP contribution in [0.4, 0.5) is 5.13 Å². The zero-order valence-electron chi connectivity index (χ0n) is 11.0. The standard InChI is InChI=1S/C13H21N3OS/c1-9(11-3-5-14-6-4-11)7-12(17)16-13-15-8-10(2)18-13/h8-9,11,14H,3-7H2,1-2H3,(H,15,16,17). The molecule has 18 heavy (non-hydrogen) atoms. The van der Waals surface area contributed by atoms with Gasteiger partial charge < -0.3 is 10.6 Å². The third kappa shape index (κ3) is 3.78. The average Bonchev–Trinajstić information content (AvgIpc) is 2.75. The smallest absolute Gasteiger partial charge is 0.226 e. The molecule has 0 bridgehead atoms. The van der Waals surface area contributed by atoms with Gasteiger partial charge in [-0.2, -0.15) is 0 Å². The Morgan fingerprint density at radius 1 is 1.61 bits per heavy atom. The van der Waals surface area contributed by atoms with Crippen molar-refractivity contribution in [3.8, 4) is 0 Å². The Balaban J connectivity index is 1.79. The second-order valence-electron chi connectivity index (χ2n) is 5.09. The highest BCUT2D eigenvalue weighted by atomic mass is 32.1. The first kappa shape index (κ1) is 13.5. The maximum Gasteiger partial charge on any atom is 0.226 e. The van der Waals surface area contributed by atoms with Gasteiger partial charge in [0.05, 0.1) is 0 Å². The fourth-order valence-corrected chi connectivity index (χ4v) is 3.14. The lowest BCUT2D eigenvalue weighted by Crippen LogP contribution is -2.32. The fourth-order valence-electron chi connectivity index (χ4n) is 2.46. The van der Waals surface area contributed by atoms with Crippen LogP contribution in [0.5, 0.6) is 0 Å². The minimum Gasteiger partial charge on any atom is -0.317 e. The number of anilines is 1. The van der Waals surface area contributed by atoms with Crippen LogP contribution in [0.1, 0.15) is 31.1 Å². The summed E-state index contributed by atoms with van der Waals surface area (Å²) >= 11 is 1.53. The summed E-state index contributed by atoms with van der Waals surface area (Å²) in [5.74, 6) is 1.22. The molecule has 4 nitrogen and oxygen atoms in total. The van der Waals surface area contributed by atoms with E-state index in [9.17, 15) is 4.79 Å². The van der Waals surface area contributed by atoms with Crippen LogP contribution in [0, 0.1) is 18.8 Å². The predicted octanol–water partition coefficient (Wildman–Crippen LogP) is 2.42. The van der Waals surface area contributed by atoms with Crippen molar-refractivity contribution in [1.29, 1.82) is 0 Å². The Morgan fingerprint density at radius 2 is 2.33 bits per heavy atom. The lowest BCUT2D eigenvalue weighted by atomic mass is 9.84. The maximum atomic E-state index is 11.9. The Kier molecular flexibility index (Phi) is 4.72. The van der Waals surface area contributed by atoms with Crippen molar-refractivity contribution < 1.29 is 4.79 Å². The van der Waals surface area contributed by atoms with Crippen molar-refractivity contribution in [3.05, 3.63) is 11.1 Å². The average molecular weight is 267 g/mol. The molecule has 0 aromatic carbocycles. The molecule has 1 atom stereocenters. The van der Waals surface area contributed by atoms with E-state index >= 15 is 0 Å². The number of rotatable bonds is 4. The van der Waals surface area contributed by atoms with Gasteiger partial charge in [0.2, 0.25) is 5.91 Å². The molecule has 2 heterocycles. The summed E-state index contributed by atoms with van der Waals surface area (Å²) in [6.45, 7) is 6.35. The topological polar surface area (TPSA) is 54.0 Å². The summed E-state index contributed by atoms with van der Waals surface area (Å²) in [4.78, 5) is 17.2. The molecule has 1 fully saturated rings. The van der Waals surface area contributed by atoms with Crippen LogP contribution in [0.25, 0.3) is 0 Å². The van der Waals surface area contributed by atoms with Crippen molar-refractivity contribution in [2.45, 2.75) is 33.1 Å². The van der Waals surface area contributed by atoms with Crippen LogP contribution < -0.4 is 10.6 Å². The SMILES string of the molecule is Cc1cnc(NC(=O)CC(C)C2CCNCC2)s1. The Morgan fingerprint density at radius 3 is 2.94 bits per heavy atom. The fraction of sp³-hybridized carbons (Fsp3) is 0.692. The predicted molar refractivity (Wildman–Crippen MR) is 74.9 cm³/mol. The van der Waals surface area contributed by atoms with Gasteiger partial charge >= 0.3 is 0 Å². The first-order valence-electron chi connectivity index (χ1n) is 6.58. The van der Waals surface area contributed by atoms with E-state index in [1.807, 2.05) is 6.92 Å². The lowest BCUT2D eigenvalue weighted by Gasteiger charge is -2.27. The summed E-state index contributed by atoms with van der Waals surface area (Å²) in [6, 6.07) is 0. The second kappa shape index (κ2) is 6.29. The lowest BCUT2D eigenvalue weighted by molar-refractivity contribution is -0.117. The van der Waals surface area contributed by atoms with E-state index in [0.29, 0.717) is 18.3 Å². The van der Waals surface area contributed by atoms with Gasteiger partial charge in [0.15, 0.2) is 5.13 Å². The van der Waals surface area contributed by atoms with Crippen LogP contribution in [0.3, 0.4) is 0 Å². The highest BCUT2D eigenvalue weighted by molar-refractivity contribution is 7.15. The number of nitrogens with one attached hydrogen (secondary N) is 2. The Labute approximate surface area is 112 Å². The molecular weight excluding hydrogens is 246 g/mol. The molecule has 1 aromatic heterocycles. The number of amides is 1. The summed E-state index contributed by atoms with van der Waals surface area (Å²) in [5.41, 5.74) is 0. The number of carbonyl (C=O) groups is 1. The van der Waals surface area contributed by atoms with Gasteiger partial charge in [0.1, 0.15) is 0 Å². The molecular formula is C13H21N3OS. The van der Waals surface area contributed by atoms with Crippen LogP contribution >= 0.6 is 11.3 Å². The monoisotopic (exact) mass is 267 g/mol. The molecule has 0 spiro atoms. The van der Waals surface area contributed by atoms with Gasteiger partial charge in [-0.3, -0.25) is 4.79 Å². The first-order valence-corrected chi connectivity index (χ1v) is 7.40. The van der Waals surface area contributed by atoms with Crippen molar-refractivity contribution in [3.63, 3.8) is 0 Å². The number of aromatic nitrogens is 1. The van der Waals surface area contributed by atoms with Gasteiger partial charge in [-0.25, -0.2) is 4.98 Å². The number of thiazole rings is 1. The van der Waals surface area contributed by atoms with Crippen molar-refractivity contribution >= 4 is 22.4 Å². The Bertz CT molecular complexity index is 399. The van der Waals surface area contributed by atoms with Gasteiger partial charge in [-0.15, -0.1) is 11.3 Å². The van der Waals surface area contributed by atoms with Crippen molar-refractivity contribution in [2.24, 2.45) is 11.8 Å². The molecule has 1 aliphatic rings. The molecule has 1 aromatic rings. The molecule has 100 valence electrons. The molecule has 0 radical (unpaired) electrons. The summed E-state index contributed by atoms with van der Waals surface area (Å²) < 4.78 is 0. The summed E-state index contributed by atoms with van der Waals surface area (Å²) in [6.07, 6.45) is 4.76. The molecule has 1 unspecified atom stereocenters. The van der Waals surface area contributed by atoms with Crippen LogP contribution in [0.15, 0.2) is 6.20 Å². The minimum atomic E-state index is 0.0929. The van der Waals surface area contributed by atoms with E-state index in [0.717, 1.165) is 23.1 Å². The van der Waals surface area contributed by atoms with Crippen molar-refractivity contribution in [1.82, 2.24) is 10.3 Å². The normalized spacial score (nSPS) is 18.6. The molecule has 1 amide bonds. The zero-order valence-corrected chi connectivity index (χ0v) is 11.8. The van der Waals surface area contributed by atoms with E-state index in [1.54, 1.807) is 6.20 Å². The molecule has 2 rings (SSSR count).